The van der Waals surface area contributed by atoms with E-state index in [2.05, 4.69) is 4.98 Å². The molecule has 2 aromatic heterocycles. The Bertz CT molecular complexity index is 646. The Balaban J connectivity index is 2.09. The van der Waals surface area contributed by atoms with Gasteiger partial charge in [0.25, 0.3) is 0 Å². The molecule has 17 heavy (non-hydrogen) atoms. The second-order valence-corrected chi connectivity index (χ2v) is 4.44. The second kappa shape index (κ2) is 3.85. The van der Waals surface area contributed by atoms with Crippen LogP contribution in [0.5, 0.6) is 5.75 Å². The van der Waals surface area contributed by atoms with E-state index in [0.717, 1.165) is 16.2 Å². The zero-order chi connectivity index (χ0) is 11.8. The monoisotopic (exact) mass is 248 g/mol. The molecule has 0 saturated carbocycles. The van der Waals surface area contributed by atoms with Crippen molar-refractivity contribution in [1.29, 1.82) is 0 Å². The van der Waals surface area contributed by atoms with Crippen molar-refractivity contribution in [1.82, 2.24) is 9.38 Å². The van der Waals surface area contributed by atoms with Crippen molar-refractivity contribution in [3.05, 3.63) is 41.8 Å². The summed E-state index contributed by atoms with van der Waals surface area (Å²) < 4.78 is 20.4. The van der Waals surface area contributed by atoms with Gasteiger partial charge in [-0.15, -0.1) is 11.3 Å². The third kappa shape index (κ3) is 1.68. The van der Waals surface area contributed by atoms with Crippen molar-refractivity contribution in [2.24, 2.45) is 0 Å². The first-order chi connectivity index (χ1) is 8.28. The topological polar surface area (TPSA) is 26.5 Å². The van der Waals surface area contributed by atoms with Gasteiger partial charge in [0.1, 0.15) is 0 Å². The normalized spacial score (nSPS) is 10.9. The molecular weight excluding hydrogens is 239 g/mol. The van der Waals surface area contributed by atoms with Gasteiger partial charge in [0.2, 0.25) is 0 Å². The van der Waals surface area contributed by atoms with Crippen LogP contribution in [-0.4, -0.2) is 16.5 Å². The Hall–Kier alpha value is -1.88. The minimum Gasteiger partial charge on any atom is -0.494 e. The molecule has 0 aliphatic heterocycles. The number of hydrogen-bond donors (Lipinski definition) is 0. The maximum Gasteiger partial charge on any atom is 0.194 e. The highest BCUT2D eigenvalue weighted by molar-refractivity contribution is 7.15. The van der Waals surface area contributed by atoms with Crippen LogP contribution in [0.1, 0.15) is 0 Å². The molecule has 0 radical (unpaired) electrons. The molecule has 0 unspecified atom stereocenters. The van der Waals surface area contributed by atoms with Gasteiger partial charge in [-0.1, -0.05) is 0 Å². The molecule has 2 heterocycles. The van der Waals surface area contributed by atoms with E-state index in [0.29, 0.717) is 0 Å². The van der Waals surface area contributed by atoms with Crippen molar-refractivity contribution in [3.8, 4) is 17.0 Å². The first kappa shape index (κ1) is 10.3. The van der Waals surface area contributed by atoms with Gasteiger partial charge in [-0.25, -0.2) is 9.37 Å². The smallest absolute Gasteiger partial charge is 0.194 e. The van der Waals surface area contributed by atoms with Crippen LogP contribution in [0.2, 0.25) is 0 Å². The van der Waals surface area contributed by atoms with Gasteiger partial charge < -0.3 is 4.74 Å². The summed E-state index contributed by atoms with van der Waals surface area (Å²) in [7, 11) is 1.45. The van der Waals surface area contributed by atoms with Crippen LogP contribution in [0.25, 0.3) is 16.2 Å². The molecule has 0 bridgehead atoms. The van der Waals surface area contributed by atoms with Crippen LogP contribution in [0.15, 0.2) is 36.0 Å². The molecule has 0 aliphatic rings. The molecule has 0 aliphatic carbocycles. The van der Waals surface area contributed by atoms with Gasteiger partial charge in [0.05, 0.1) is 12.8 Å². The van der Waals surface area contributed by atoms with E-state index in [9.17, 15) is 4.39 Å². The summed E-state index contributed by atoms with van der Waals surface area (Å²) in [5, 5.41) is 1.96. The minimum absolute atomic E-state index is 0.245. The quantitative estimate of drug-likeness (QED) is 0.696. The van der Waals surface area contributed by atoms with E-state index in [1.165, 1.54) is 13.2 Å². The van der Waals surface area contributed by atoms with Crippen molar-refractivity contribution in [2.75, 3.05) is 7.11 Å². The Kier molecular flexibility index (Phi) is 2.33. The third-order valence-corrected chi connectivity index (χ3v) is 3.31. The Morgan fingerprint density at radius 3 is 3.00 bits per heavy atom. The molecular formula is C12H9FN2OS. The standard InChI is InChI=1S/C12H9FN2OS/c1-16-11-3-2-8(6-9(11)13)10-7-15-4-5-17-12(15)14-10/h2-7H,1H3. The number of thiazole rings is 1. The Labute approximate surface area is 101 Å². The summed E-state index contributed by atoms with van der Waals surface area (Å²) >= 11 is 1.55. The number of benzene rings is 1. The number of fused-ring (bicyclic) bond motifs is 1. The van der Waals surface area contributed by atoms with Gasteiger partial charge >= 0.3 is 0 Å². The van der Waals surface area contributed by atoms with Gasteiger partial charge in [-0.3, -0.25) is 4.40 Å². The van der Waals surface area contributed by atoms with Crippen LogP contribution in [-0.2, 0) is 0 Å². The fourth-order valence-electron chi connectivity index (χ4n) is 1.69. The molecule has 0 N–H and O–H groups in total. The predicted molar refractivity (Wildman–Crippen MR) is 65.0 cm³/mol. The first-order valence-corrected chi connectivity index (χ1v) is 5.92. The van der Waals surface area contributed by atoms with E-state index < -0.39 is 0 Å². The molecule has 3 aromatic rings. The van der Waals surface area contributed by atoms with Crippen LogP contribution >= 0.6 is 11.3 Å². The molecule has 3 rings (SSSR count). The molecule has 0 spiro atoms. The lowest BCUT2D eigenvalue weighted by Gasteiger charge is -2.02. The van der Waals surface area contributed by atoms with Crippen LogP contribution in [0.3, 0.4) is 0 Å². The van der Waals surface area contributed by atoms with E-state index >= 15 is 0 Å². The first-order valence-electron chi connectivity index (χ1n) is 5.04. The van der Waals surface area contributed by atoms with Crippen LogP contribution in [0.4, 0.5) is 4.39 Å². The summed E-state index contributed by atoms with van der Waals surface area (Å²) in [6.07, 6.45) is 3.81. The molecule has 0 fully saturated rings. The van der Waals surface area contributed by atoms with E-state index in [1.54, 1.807) is 23.5 Å². The number of nitrogens with zero attached hydrogens (tertiary/aromatic N) is 2. The minimum atomic E-state index is -0.374. The summed E-state index contributed by atoms with van der Waals surface area (Å²) in [5.41, 5.74) is 1.51. The number of rotatable bonds is 2. The SMILES string of the molecule is COc1ccc(-c2cn3ccsc3n2)cc1F. The summed E-state index contributed by atoms with van der Waals surface area (Å²) in [6.45, 7) is 0. The zero-order valence-corrected chi connectivity index (χ0v) is 9.87. The molecule has 0 amide bonds. The van der Waals surface area contributed by atoms with Crippen molar-refractivity contribution < 1.29 is 9.13 Å². The number of methoxy groups -OCH3 is 1. The van der Waals surface area contributed by atoms with E-state index in [4.69, 9.17) is 4.74 Å². The number of ether oxygens (including phenoxy) is 1. The van der Waals surface area contributed by atoms with Crippen LogP contribution < -0.4 is 4.74 Å². The summed E-state index contributed by atoms with van der Waals surface area (Å²) in [5.74, 6) is -0.129. The molecule has 3 nitrogen and oxygen atoms in total. The lowest BCUT2D eigenvalue weighted by Crippen LogP contribution is -1.88. The number of imidazole rings is 1. The molecule has 0 atom stereocenters. The average Bonchev–Trinajstić information content (AvgIpc) is 2.88. The highest BCUT2D eigenvalue weighted by atomic mass is 32.1. The lowest BCUT2D eigenvalue weighted by molar-refractivity contribution is 0.386. The predicted octanol–water partition coefficient (Wildman–Crippen LogP) is 3.21. The molecule has 1 aromatic carbocycles. The van der Waals surface area contributed by atoms with E-state index in [-0.39, 0.29) is 11.6 Å². The van der Waals surface area contributed by atoms with Crippen LogP contribution in [0, 0.1) is 5.82 Å². The number of hydrogen-bond acceptors (Lipinski definition) is 3. The van der Waals surface area contributed by atoms with Gasteiger partial charge in [0, 0.05) is 23.3 Å². The van der Waals surface area contributed by atoms with Gasteiger partial charge in [0.15, 0.2) is 16.5 Å². The van der Waals surface area contributed by atoms with Crippen molar-refractivity contribution >= 4 is 16.3 Å². The van der Waals surface area contributed by atoms with Crippen molar-refractivity contribution in [2.45, 2.75) is 0 Å². The number of aromatic nitrogens is 2. The second-order valence-electron chi connectivity index (χ2n) is 3.57. The summed E-state index contributed by atoms with van der Waals surface area (Å²) in [4.78, 5) is 5.31. The summed E-state index contributed by atoms with van der Waals surface area (Å²) in [6, 6.07) is 4.84. The highest BCUT2D eigenvalue weighted by Gasteiger charge is 2.08. The fraction of sp³-hybridized carbons (Fsp3) is 0.0833. The molecule has 5 heteroatoms. The highest BCUT2D eigenvalue weighted by Crippen LogP contribution is 2.26. The maximum atomic E-state index is 13.6. The Morgan fingerprint density at radius 2 is 2.29 bits per heavy atom. The van der Waals surface area contributed by atoms with E-state index in [1.807, 2.05) is 22.2 Å². The Morgan fingerprint density at radius 1 is 1.41 bits per heavy atom. The lowest BCUT2D eigenvalue weighted by atomic mass is 10.1. The largest absolute Gasteiger partial charge is 0.494 e. The average molecular weight is 248 g/mol. The maximum absolute atomic E-state index is 13.6. The molecule has 0 saturated heterocycles. The zero-order valence-electron chi connectivity index (χ0n) is 9.05. The fourth-order valence-corrected chi connectivity index (χ4v) is 2.39. The third-order valence-electron chi connectivity index (χ3n) is 2.54. The number of halogens is 1. The van der Waals surface area contributed by atoms with Gasteiger partial charge in [-0.2, -0.15) is 0 Å². The van der Waals surface area contributed by atoms with Crippen molar-refractivity contribution in [3.63, 3.8) is 0 Å². The molecule has 86 valence electrons. The van der Waals surface area contributed by atoms with Gasteiger partial charge in [-0.05, 0) is 18.2 Å².